The number of fused-ring (bicyclic) bond motifs is 2. The lowest BCUT2D eigenvalue weighted by Gasteiger charge is -2.60. The highest BCUT2D eigenvalue weighted by molar-refractivity contribution is 5.77. The number of imidazole rings is 2. The number of ether oxygens (including phenoxy) is 2. The third kappa shape index (κ3) is 3.68. The van der Waals surface area contributed by atoms with Crippen LogP contribution in [0.15, 0.2) is 36.4 Å². The summed E-state index contributed by atoms with van der Waals surface area (Å²) in [5, 5.41) is 0. The fourth-order valence-electron chi connectivity index (χ4n) is 7.69. The summed E-state index contributed by atoms with van der Waals surface area (Å²) in [6.45, 7) is 1.59. The minimum Gasteiger partial charge on any atom is -0.497 e. The lowest BCUT2D eigenvalue weighted by Crippen LogP contribution is -2.59. The van der Waals surface area contributed by atoms with Gasteiger partial charge in [0.15, 0.2) is 0 Å². The summed E-state index contributed by atoms with van der Waals surface area (Å²) in [7, 11) is 3.41. The van der Waals surface area contributed by atoms with Crippen molar-refractivity contribution in [3.63, 3.8) is 0 Å². The third-order valence-electron chi connectivity index (χ3n) is 8.83. The Kier molecular flexibility index (Phi) is 4.85. The van der Waals surface area contributed by atoms with Gasteiger partial charge in [0.25, 0.3) is 0 Å². The first-order chi connectivity index (χ1) is 17.1. The van der Waals surface area contributed by atoms with Crippen LogP contribution in [0, 0.1) is 17.8 Å². The van der Waals surface area contributed by atoms with E-state index in [0.717, 1.165) is 76.1 Å². The van der Waals surface area contributed by atoms with Crippen LogP contribution in [0.5, 0.6) is 11.5 Å². The Morgan fingerprint density at radius 1 is 0.771 bits per heavy atom. The van der Waals surface area contributed by atoms with Crippen molar-refractivity contribution in [1.82, 2.24) is 24.8 Å². The molecular weight excluding hydrogens is 438 g/mol. The Hall–Kier alpha value is -3.06. The van der Waals surface area contributed by atoms with Crippen LogP contribution in [-0.4, -0.2) is 44.6 Å². The van der Waals surface area contributed by atoms with Crippen molar-refractivity contribution in [2.24, 2.45) is 17.8 Å². The molecule has 8 rings (SSSR count). The average Bonchev–Trinajstić information content (AvgIpc) is 3.44. The SMILES string of the molecule is COc1ccc2nc(CN(Cc3nc4ccc(OC)cc4[nH]3)C34CC5CC(CC(C5)C3)C4)[nH]c2c1. The second-order valence-corrected chi connectivity index (χ2v) is 11.1. The lowest BCUT2D eigenvalue weighted by molar-refractivity contribution is -0.0976. The van der Waals surface area contributed by atoms with Crippen LogP contribution < -0.4 is 9.47 Å². The average molecular weight is 472 g/mol. The second-order valence-electron chi connectivity index (χ2n) is 11.1. The summed E-state index contributed by atoms with van der Waals surface area (Å²) < 4.78 is 10.8. The number of benzene rings is 2. The van der Waals surface area contributed by atoms with E-state index >= 15 is 0 Å². The van der Waals surface area contributed by atoms with Crippen molar-refractivity contribution in [3.8, 4) is 11.5 Å². The molecule has 0 radical (unpaired) electrons. The molecule has 2 heterocycles. The van der Waals surface area contributed by atoms with Crippen LogP contribution in [0.1, 0.15) is 50.2 Å². The number of nitrogens with zero attached hydrogens (tertiary/aromatic N) is 3. The standard InChI is InChI=1S/C28H33N5O2/c1-34-20-3-5-22-24(10-20)31-26(29-22)15-33(28-12-17-7-18(13-28)9-19(8-17)14-28)16-27-30-23-6-4-21(35-2)11-25(23)32-27/h3-6,10-11,17-19H,7-9,12-16H2,1-2H3,(H,29,31)(H,30,32). The summed E-state index contributed by atoms with van der Waals surface area (Å²) in [6.07, 6.45) is 8.22. The maximum absolute atomic E-state index is 5.42. The van der Waals surface area contributed by atoms with Gasteiger partial charge >= 0.3 is 0 Å². The zero-order valence-corrected chi connectivity index (χ0v) is 20.5. The van der Waals surface area contributed by atoms with Gasteiger partial charge in [-0.3, -0.25) is 4.90 Å². The summed E-state index contributed by atoms with van der Waals surface area (Å²) in [6, 6.07) is 12.1. The molecule has 0 aliphatic heterocycles. The summed E-state index contributed by atoms with van der Waals surface area (Å²) in [5.74, 6) is 6.37. The molecule has 0 spiro atoms. The van der Waals surface area contributed by atoms with Gasteiger partial charge in [-0.05, 0) is 80.5 Å². The Bertz CT molecular complexity index is 1270. The minimum atomic E-state index is 0.238. The van der Waals surface area contributed by atoms with Gasteiger partial charge < -0.3 is 19.4 Å². The van der Waals surface area contributed by atoms with Crippen molar-refractivity contribution in [2.45, 2.75) is 57.2 Å². The molecule has 0 saturated heterocycles. The number of hydrogen-bond donors (Lipinski definition) is 2. The molecule has 35 heavy (non-hydrogen) atoms. The molecular formula is C28H33N5O2. The van der Waals surface area contributed by atoms with E-state index in [0.29, 0.717) is 0 Å². The van der Waals surface area contributed by atoms with Gasteiger partial charge in [0.05, 0.1) is 49.4 Å². The first-order valence-electron chi connectivity index (χ1n) is 12.9. The van der Waals surface area contributed by atoms with E-state index < -0.39 is 0 Å². The van der Waals surface area contributed by atoms with Crippen molar-refractivity contribution in [3.05, 3.63) is 48.0 Å². The number of H-pyrrole nitrogens is 2. The number of rotatable bonds is 7. The predicted octanol–water partition coefficient (Wildman–Crippen LogP) is 5.43. The van der Waals surface area contributed by atoms with E-state index in [2.05, 4.69) is 14.9 Å². The molecule has 2 aromatic heterocycles. The maximum Gasteiger partial charge on any atom is 0.121 e. The summed E-state index contributed by atoms with van der Waals surface area (Å²) >= 11 is 0. The molecule has 0 unspecified atom stereocenters. The number of hydrogen-bond acceptors (Lipinski definition) is 5. The summed E-state index contributed by atoms with van der Waals surface area (Å²) in [4.78, 5) is 19.8. The van der Waals surface area contributed by atoms with E-state index in [9.17, 15) is 0 Å². The largest absolute Gasteiger partial charge is 0.497 e. The smallest absolute Gasteiger partial charge is 0.121 e. The molecule has 4 aliphatic rings. The quantitative estimate of drug-likeness (QED) is 0.376. The van der Waals surface area contributed by atoms with Gasteiger partial charge in [0.1, 0.15) is 23.1 Å². The van der Waals surface area contributed by atoms with Gasteiger partial charge in [0.2, 0.25) is 0 Å². The normalized spacial score (nSPS) is 27.3. The molecule has 4 aromatic rings. The van der Waals surface area contributed by atoms with Gasteiger partial charge in [-0.15, -0.1) is 0 Å². The molecule has 4 aliphatic carbocycles. The van der Waals surface area contributed by atoms with Gasteiger partial charge in [-0.2, -0.15) is 0 Å². The second kappa shape index (κ2) is 7.98. The Morgan fingerprint density at radius 3 is 1.66 bits per heavy atom. The molecule has 4 saturated carbocycles. The molecule has 2 N–H and O–H groups in total. The zero-order chi connectivity index (χ0) is 23.6. The third-order valence-corrected chi connectivity index (χ3v) is 8.83. The van der Waals surface area contributed by atoms with Gasteiger partial charge in [-0.1, -0.05) is 0 Å². The first kappa shape index (κ1) is 21.2. The Balaban J connectivity index is 1.24. The maximum atomic E-state index is 5.42. The molecule has 182 valence electrons. The molecule has 4 bridgehead atoms. The van der Waals surface area contributed by atoms with Crippen molar-refractivity contribution in [1.29, 1.82) is 0 Å². The molecule has 0 atom stereocenters. The van der Waals surface area contributed by atoms with E-state index in [4.69, 9.17) is 19.4 Å². The zero-order valence-electron chi connectivity index (χ0n) is 20.5. The fourth-order valence-corrected chi connectivity index (χ4v) is 7.69. The van der Waals surface area contributed by atoms with Crippen LogP contribution >= 0.6 is 0 Å². The van der Waals surface area contributed by atoms with Crippen LogP contribution in [0.2, 0.25) is 0 Å². The van der Waals surface area contributed by atoms with Gasteiger partial charge in [-0.25, -0.2) is 9.97 Å². The Labute approximate surface area is 205 Å². The highest BCUT2D eigenvalue weighted by Gasteiger charge is 2.53. The molecule has 0 amide bonds. The van der Waals surface area contributed by atoms with Crippen LogP contribution in [0.3, 0.4) is 0 Å². The number of nitrogens with one attached hydrogen (secondary N) is 2. The topological polar surface area (TPSA) is 79.1 Å². The number of aromatic nitrogens is 4. The minimum absolute atomic E-state index is 0.238. The molecule has 4 fully saturated rings. The van der Waals surface area contributed by atoms with Crippen molar-refractivity contribution in [2.75, 3.05) is 14.2 Å². The van der Waals surface area contributed by atoms with E-state index in [-0.39, 0.29) is 5.54 Å². The Morgan fingerprint density at radius 2 is 1.23 bits per heavy atom. The van der Waals surface area contributed by atoms with Crippen molar-refractivity contribution < 1.29 is 9.47 Å². The van der Waals surface area contributed by atoms with E-state index in [1.165, 1.54) is 38.5 Å². The van der Waals surface area contributed by atoms with Crippen LogP contribution in [-0.2, 0) is 13.1 Å². The van der Waals surface area contributed by atoms with E-state index in [1.807, 2.05) is 36.4 Å². The molecule has 2 aromatic carbocycles. The van der Waals surface area contributed by atoms with Gasteiger partial charge in [0, 0.05) is 17.7 Å². The van der Waals surface area contributed by atoms with Crippen LogP contribution in [0.25, 0.3) is 22.1 Å². The van der Waals surface area contributed by atoms with E-state index in [1.54, 1.807) is 14.2 Å². The highest BCUT2D eigenvalue weighted by atomic mass is 16.5. The predicted molar refractivity (Wildman–Crippen MR) is 135 cm³/mol. The fraction of sp³-hybridized carbons (Fsp3) is 0.500. The number of methoxy groups -OCH3 is 2. The monoisotopic (exact) mass is 471 g/mol. The van der Waals surface area contributed by atoms with Crippen LogP contribution in [0.4, 0.5) is 0 Å². The lowest BCUT2D eigenvalue weighted by atomic mass is 9.52. The molecule has 7 nitrogen and oxygen atoms in total. The number of aromatic amines is 2. The molecule has 7 heteroatoms. The summed E-state index contributed by atoms with van der Waals surface area (Å²) in [5.41, 5.74) is 4.27. The highest BCUT2D eigenvalue weighted by Crippen LogP contribution is 2.58. The first-order valence-corrected chi connectivity index (χ1v) is 12.9. The van der Waals surface area contributed by atoms with Crippen molar-refractivity contribution >= 4 is 22.1 Å².